The highest BCUT2D eigenvalue weighted by Crippen LogP contribution is 2.43. The summed E-state index contributed by atoms with van der Waals surface area (Å²) in [7, 11) is 0. The fourth-order valence-corrected chi connectivity index (χ4v) is 3.43. The summed E-state index contributed by atoms with van der Waals surface area (Å²) in [5.74, 6) is -2.72. The standard InChI is InChI=1S/C22H14F3NO5/c23-22(24,25)13-5-7-14(8-6-13)26-18(12-3-9-15(27)10-4-12)17(20(29)21(26)30)19(28)16-2-1-11-31-16/h1-11,18,27,29H. The molecule has 0 spiro atoms. The Morgan fingerprint density at radius 2 is 1.61 bits per heavy atom. The van der Waals surface area contributed by atoms with Gasteiger partial charge in [0.05, 0.1) is 23.4 Å². The van der Waals surface area contributed by atoms with Gasteiger partial charge in [0.15, 0.2) is 11.5 Å². The number of ketones is 1. The van der Waals surface area contributed by atoms with E-state index in [4.69, 9.17) is 4.42 Å². The number of carbonyl (C=O) groups excluding carboxylic acids is 2. The predicted molar refractivity (Wildman–Crippen MR) is 102 cm³/mol. The smallest absolute Gasteiger partial charge is 0.416 e. The van der Waals surface area contributed by atoms with E-state index in [-0.39, 0.29) is 22.8 Å². The quantitative estimate of drug-likeness (QED) is 0.582. The van der Waals surface area contributed by atoms with Crippen molar-refractivity contribution in [3.8, 4) is 5.75 Å². The van der Waals surface area contributed by atoms with E-state index < -0.39 is 35.2 Å². The Morgan fingerprint density at radius 3 is 2.16 bits per heavy atom. The largest absolute Gasteiger partial charge is 0.508 e. The summed E-state index contributed by atoms with van der Waals surface area (Å²) in [6.45, 7) is 0. The van der Waals surface area contributed by atoms with Gasteiger partial charge in [0.25, 0.3) is 5.91 Å². The van der Waals surface area contributed by atoms with E-state index in [1.165, 1.54) is 42.7 Å². The monoisotopic (exact) mass is 429 g/mol. The fourth-order valence-electron chi connectivity index (χ4n) is 3.43. The van der Waals surface area contributed by atoms with Crippen LogP contribution in [0.25, 0.3) is 0 Å². The van der Waals surface area contributed by atoms with Crippen molar-refractivity contribution in [2.45, 2.75) is 12.2 Å². The van der Waals surface area contributed by atoms with Crippen LogP contribution in [0.1, 0.15) is 27.7 Å². The molecular weight excluding hydrogens is 415 g/mol. The number of Topliss-reactive ketones (excluding diaryl/α,β-unsaturated/α-hetero) is 1. The van der Waals surface area contributed by atoms with Crippen molar-refractivity contribution in [1.29, 1.82) is 0 Å². The predicted octanol–water partition coefficient (Wildman–Crippen LogP) is 4.79. The molecule has 2 heterocycles. The fraction of sp³-hybridized carbons (Fsp3) is 0.0909. The van der Waals surface area contributed by atoms with Gasteiger partial charge in [-0.3, -0.25) is 14.5 Å². The van der Waals surface area contributed by atoms with Crippen molar-refractivity contribution in [2.75, 3.05) is 4.90 Å². The summed E-state index contributed by atoms with van der Waals surface area (Å²) >= 11 is 0. The number of carbonyl (C=O) groups is 2. The third-order valence-electron chi connectivity index (χ3n) is 4.88. The van der Waals surface area contributed by atoms with Crippen molar-refractivity contribution >= 4 is 17.4 Å². The minimum absolute atomic E-state index is 0.0462. The molecule has 1 aromatic heterocycles. The highest BCUT2D eigenvalue weighted by Gasteiger charge is 2.45. The van der Waals surface area contributed by atoms with Crippen LogP contribution in [0.4, 0.5) is 18.9 Å². The molecule has 1 unspecified atom stereocenters. The molecule has 3 aromatic rings. The molecule has 1 aliphatic rings. The van der Waals surface area contributed by atoms with E-state index in [0.29, 0.717) is 5.56 Å². The van der Waals surface area contributed by atoms with Crippen molar-refractivity contribution < 1.29 is 37.4 Å². The maximum absolute atomic E-state index is 13.0. The summed E-state index contributed by atoms with van der Waals surface area (Å²) in [6.07, 6.45) is -3.31. The number of phenols is 1. The van der Waals surface area contributed by atoms with Crippen LogP contribution < -0.4 is 4.90 Å². The van der Waals surface area contributed by atoms with Crippen LogP contribution in [-0.2, 0) is 11.0 Å². The topological polar surface area (TPSA) is 91.0 Å². The molecule has 2 N–H and O–H groups in total. The summed E-state index contributed by atoms with van der Waals surface area (Å²) in [5, 5.41) is 20.1. The zero-order chi connectivity index (χ0) is 22.3. The average Bonchev–Trinajstić information content (AvgIpc) is 3.35. The van der Waals surface area contributed by atoms with Gasteiger partial charge >= 0.3 is 6.18 Å². The first-order valence-electron chi connectivity index (χ1n) is 8.99. The molecule has 0 saturated carbocycles. The Balaban J connectivity index is 1.84. The molecule has 9 heteroatoms. The molecule has 6 nitrogen and oxygen atoms in total. The van der Waals surface area contributed by atoms with Gasteiger partial charge in [-0.1, -0.05) is 12.1 Å². The SMILES string of the molecule is O=C(C1=C(O)C(=O)N(c2ccc(C(F)(F)F)cc2)C1c1ccc(O)cc1)c1ccco1. The summed E-state index contributed by atoms with van der Waals surface area (Å²) in [5.41, 5.74) is -0.798. The highest BCUT2D eigenvalue weighted by atomic mass is 19.4. The van der Waals surface area contributed by atoms with Gasteiger partial charge in [0.1, 0.15) is 5.75 Å². The molecule has 4 rings (SSSR count). The number of hydrogen-bond donors (Lipinski definition) is 2. The zero-order valence-corrected chi connectivity index (χ0v) is 15.6. The lowest BCUT2D eigenvalue weighted by molar-refractivity contribution is -0.137. The molecule has 2 aromatic carbocycles. The molecule has 1 atom stereocenters. The lowest BCUT2D eigenvalue weighted by Crippen LogP contribution is -2.31. The number of halogens is 3. The average molecular weight is 429 g/mol. The number of furan rings is 1. The Hall–Kier alpha value is -4.01. The van der Waals surface area contributed by atoms with Crippen LogP contribution in [0.2, 0.25) is 0 Å². The summed E-state index contributed by atoms with van der Waals surface area (Å²) in [4.78, 5) is 26.9. The van der Waals surface area contributed by atoms with Crippen molar-refractivity contribution in [1.82, 2.24) is 0 Å². The molecule has 1 aliphatic heterocycles. The molecule has 0 bridgehead atoms. The summed E-state index contributed by atoms with van der Waals surface area (Å²) in [6, 6.07) is 11.0. The van der Waals surface area contributed by atoms with Gasteiger partial charge < -0.3 is 14.6 Å². The lowest BCUT2D eigenvalue weighted by Gasteiger charge is -2.27. The number of aromatic hydroxyl groups is 1. The third-order valence-corrected chi connectivity index (χ3v) is 4.88. The number of benzene rings is 2. The minimum Gasteiger partial charge on any atom is -0.508 e. The number of rotatable bonds is 4. The Kier molecular flexibility index (Phi) is 4.81. The van der Waals surface area contributed by atoms with Crippen LogP contribution in [0, 0.1) is 0 Å². The second kappa shape index (κ2) is 7.35. The number of alkyl halides is 3. The van der Waals surface area contributed by atoms with Crippen LogP contribution in [0.5, 0.6) is 5.75 Å². The second-order valence-electron chi connectivity index (χ2n) is 6.78. The number of nitrogens with zero attached hydrogens (tertiary/aromatic N) is 1. The normalized spacial score (nSPS) is 16.8. The van der Waals surface area contributed by atoms with Crippen LogP contribution in [-0.4, -0.2) is 21.9 Å². The van der Waals surface area contributed by atoms with Crippen LogP contribution in [0.15, 0.2) is 82.7 Å². The lowest BCUT2D eigenvalue weighted by atomic mass is 9.94. The first-order valence-corrected chi connectivity index (χ1v) is 8.99. The van der Waals surface area contributed by atoms with Crippen molar-refractivity contribution in [3.63, 3.8) is 0 Å². The first-order chi connectivity index (χ1) is 14.7. The van der Waals surface area contributed by atoms with Crippen molar-refractivity contribution in [2.24, 2.45) is 0 Å². The molecule has 158 valence electrons. The zero-order valence-electron chi connectivity index (χ0n) is 15.6. The maximum atomic E-state index is 13.0. The van der Waals surface area contributed by atoms with E-state index >= 15 is 0 Å². The molecule has 0 saturated heterocycles. The number of phenolic OH excluding ortho intramolecular Hbond substituents is 1. The number of aliphatic hydroxyl groups is 1. The van der Waals surface area contributed by atoms with Gasteiger partial charge in [-0.2, -0.15) is 13.2 Å². The Labute approximate surface area is 173 Å². The van der Waals surface area contributed by atoms with Crippen LogP contribution in [0.3, 0.4) is 0 Å². The molecule has 1 amide bonds. The molecule has 31 heavy (non-hydrogen) atoms. The molecule has 0 radical (unpaired) electrons. The minimum atomic E-state index is -4.56. The third kappa shape index (κ3) is 3.54. The van der Waals surface area contributed by atoms with E-state index in [1.54, 1.807) is 0 Å². The van der Waals surface area contributed by atoms with E-state index in [9.17, 15) is 33.0 Å². The highest BCUT2D eigenvalue weighted by molar-refractivity contribution is 6.20. The van der Waals surface area contributed by atoms with E-state index in [1.807, 2.05) is 0 Å². The first kappa shape index (κ1) is 20.3. The van der Waals surface area contributed by atoms with Gasteiger partial charge in [-0.05, 0) is 54.1 Å². The van der Waals surface area contributed by atoms with Gasteiger partial charge in [0, 0.05) is 5.69 Å². The Bertz CT molecular complexity index is 1160. The van der Waals surface area contributed by atoms with E-state index in [0.717, 1.165) is 29.2 Å². The number of amides is 1. The number of aliphatic hydroxyl groups excluding tert-OH is 1. The summed E-state index contributed by atoms with van der Waals surface area (Å²) < 4.78 is 43.9. The Morgan fingerprint density at radius 1 is 0.968 bits per heavy atom. The van der Waals surface area contributed by atoms with Gasteiger partial charge in [-0.15, -0.1) is 0 Å². The second-order valence-corrected chi connectivity index (χ2v) is 6.78. The number of anilines is 1. The molecule has 0 aliphatic carbocycles. The van der Waals surface area contributed by atoms with Crippen LogP contribution >= 0.6 is 0 Å². The molecular formula is C22H14F3NO5. The maximum Gasteiger partial charge on any atom is 0.416 e. The van der Waals surface area contributed by atoms with Gasteiger partial charge in [0.2, 0.25) is 5.78 Å². The van der Waals surface area contributed by atoms with E-state index in [2.05, 4.69) is 0 Å². The van der Waals surface area contributed by atoms with Crippen molar-refractivity contribution in [3.05, 3.63) is 95.1 Å². The van der Waals surface area contributed by atoms with Gasteiger partial charge in [-0.25, -0.2) is 0 Å². The number of hydrogen-bond acceptors (Lipinski definition) is 5. The molecule has 0 fully saturated rings.